The van der Waals surface area contributed by atoms with Crippen LogP contribution in [0.1, 0.15) is 45.9 Å². The number of hydrogen-bond donors (Lipinski definition) is 3. The molecule has 2 aromatic heterocycles. The van der Waals surface area contributed by atoms with E-state index in [9.17, 15) is 9.18 Å². The number of nitrogens with one attached hydrogen (secondary N) is 2. The minimum Gasteiger partial charge on any atom is -0.366 e. The van der Waals surface area contributed by atoms with Gasteiger partial charge in [0.15, 0.2) is 0 Å². The maximum atomic E-state index is 14.4. The van der Waals surface area contributed by atoms with Crippen LogP contribution in [0.3, 0.4) is 0 Å². The smallest absolute Gasteiger partial charge is 0.249 e. The van der Waals surface area contributed by atoms with E-state index in [1.807, 2.05) is 37.4 Å². The van der Waals surface area contributed by atoms with Crippen LogP contribution in [0.2, 0.25) is 0 Å². The summed E-state index contributed by atoms with van der Waals surface area (Å²) in [4.78, 5) is 21.5. The zero-order chi connectivity index (χ0) is 23.7. The molecule has 0 unspecified atom stereocenters. The number of benzene rings is 2. The van der Waals surface area contributed by atoms with E-state index in [1.165, 1.54) is 12.1 Å². The molecule has 5 rings (SSSR count). The Balaban J connectivity index is 1.60. The molecular formula is C26H27FN6O. The molecule has 174 valence electrons. The highest BCUT2D eigenvalue weighted by Crippen LogP contribution is 2.32. The van der Waals surface area contributed by atoms with E-state index >= 15 is 0 Å². The SMILES string of the molecule is Cc1cc2c(C(N)=O)cc(F)cc2n1-c1ncc(C2CCNCC2)c(NCc2ccccc2)n1. The number of carbonyl (C=O) groups excluding carboxylic acids is 1. The normalized spacial score (nSPS) is 14.4. The number of nitrogens with zero attached hydrogens (tertiary/aromatic N) is 3. The average molecular weight is 459 g/mol. The summed E-state index contributed by atoms with van der Waals surface area (Å²) < 4.78 is 16.1. The molecule has 8 heteroatoms. The van der Waals surface area contributed by atoms with E-state index in [2.05, 4.69) is 27.8 Å². The predicted molar refractivity (Wildman–Crippen MR) is 131 cm³/mol. The molecule has 2 aromatic carbocycles. The van der Waals surface area contributed by atoms with Gasteiger partial charge in [-0.3, -0.25) is 9.36 Å². The number of carbonyl (C=O) groups is 1. The summed E-state index contributed by atoms with van der Waals surface area (Å²) in [7, 11) is 0. The second-order valence-corrected chi connectivity index (χ2v) is 8.71. The third kappa shape index (κ3) is 4.24. The summed E-state index contributed by atoms with van der Waals surface area (Å²) in [5, 5.41) is 7.49. The lowest BCUT2D eigenvalue weighted by Crippen LogP contribution is -2.27. The molecule has 1 fully saturated rings. The number of piperidine rings is 1. The molecule has 0 spiro atoms. The third-order valence-electron chi connectivity index (χ3n) is 6.42. The lowest BCUT2D eigenvalue weighted by atomic mass is 9.91. The molecule has 0 aliphatic carbocycles. The third-order valence-corrected chi connectivity index (χ3v) is 6.42. The van der Waals surface area contributed by atoms with Crippen LogP contribution >= 0.6 is 0 Å². The van der Waals surface area contributed by atoms with Crippen molar-refractivity contribution < 1.29 is 9.18 Å². The molecule has 0 radical (unpaired) electrons. The second-order valence-electron chi connectivity index (χ2n) is 8.71. The molecule has 0 atom stereocenters. The molecule has 4 aromatic rings. The highest BCUT2D eigenvalue weighted by Gasteiger charge is 2.22. The first-order valence-electron chi connectivity index (χ1n) is 11.5. The number of aryl methyl sites for hydroxylation is 1. The topological polar surface area (TPSA) is 97.9 Å². The Hall–Kier alpha value is -3.78. The Morgan fingerprint density at radius 1 is 1.21 bits per heavy atom. The molecule has 1 saturated heterocycles. The molecule has 0 bridgehead atoms. The molecule has 1 amide bonds. The summed E-state index contributed by atoms with van der Waals surface area (Å²) in [6, 6.07) is 14.5. The first kappa shape index (κ1) is 22.0. The summed E-state index contributed by atoms with van der Waals surface area (Å²) in [6.07, 6.45) is 3.91. The van der Waals surface area contributed by atoms with Crippen LogP contribution in [0.25, 0.3) is 16.9 Å². The number of amides is 1. The Labute approximate surface area is 197 Å². The summed E-state index contributed by atoms with van der Waals surface area (Å²) in [6.45, 7) is 4.42. The number of halogens is 1. The quantitative estimate of drug-likeness (QED) is 0.405. The molecule has 0 saturated carbocycles. The molecular weight excluding hydrogens is 431 g/mol. The van der Waals surface area contributed by atoms with Crippen LogP contribution in [-0.4, -0.2) is 33.5 Å². The first-order valence-corrected chi connectivity index (χ1v) is 11.5. The highest BCUT2D eigenvalue weighted by molar-refractivity contribution is 6.06. The Bertz CT molecular complexity index is 1340. The van der Waals surface area contributed by atoms with Crippen LogP contribution < -0.4 is 16.4 Å². The van der Waals surface area contributed by atoms with Crippen LogP contribution in [0.4, 0.5) is 10.2 Å². The Morgan fingerprint density at radius 2 is 1.97 bits per heavy atom. The van der Waals surface area contributed by atoms with Gasteiger partial charge in [0.2, 0.25) is 11.9 Å². The van der Waals surface area contributed by atoms with Gasteiger partial charge in [-0.2, -0.15) is 4.98 Å². The van der Waals surface area contributed by atoms with Crippen molar-refractivity contribution >= 4 is 22.6 Å². The number of nitrogens with two attached hydrogens (primary N) is 1. The predicted octanol–water partition coefficient (Wildman–Crippen LogP) is 4.05. The fraction of sp³-hybridized carbons (Fsp3) is 0.269. The first-order chi connectivity index (χ1) is 16.5. The lowest BCUT2D eigenvalue weighted by Gasteiger charge is -2.25. The van der Waals surface area contributed by atoms with E-state index in [0.717, 1.165) is 48.6 Å². The number of fused-ring (bicyclic) bond motifs is 1. The molecule has 4 N–H and O–H groups in total. The van der Waals surface area contributed by atoms with Crippen molar-refractivity contribution in [3.63, 3.8) is 0 Å². The molecule has 34 heavy (non-hydrogen) atoms. The van der Waals surface area contributed by atoms with Gasteiger partial charge >= 0.3 is 0 Å². The van der Waals surface area contributed by atoms with Gasteiger partial charge in [0.1, 0.15) is 11.6 Å². The number of primary amides is 1. The number of rotatable bonds is 6. The Kier molecular flexibility index (Phi) is 5.98. The standard InChI is InChI=1S/C26H27FN6O/c1-16-11-20-21(24(28)34)12-19(27)13-23(20)33(16)26-31-15-22(18-7-9-29-10-8-18)25(32-26)30-14-17-5-3-2-4-6-17/h2-6,11-13,15,18,29H,7-10,14H2,1H3,(H2,28,34)(H,30,31,32). The fourth-order valence-electron chi connectivity index (χ4n) is 4.72. The van der Waals surface area contributed by atoms with Crippen LogP contribution in [-0.2, 0) is 6.54 Å². The lowest BCUT2D eigenvalue weighted by molar-refractivity contribution is 0.100. The van der Waals surface area contributed by atoms with Gasteiger partial charge in [0, 0.05) is 29.4 Å². The second kappa shape index (κ2) is 9.23. The minimum atomic E-state index is -0.672. The summed E-state index contributed by atoms with van der Waals surface area (Å²) in [5.74, 6) is 0.341. The van der Waals surface area contributed by atoms with Gasteiger partial charge in [-0.15, -0.1) is 0 Å². The van der Waals surface area contributed by atoms with Gasteiger partial charge in [-0.05, 0) is 62.5 Å². The van der Waals surface area contributed by atoms with Gasteiger partial charge in [0.25, 0.3) is 0 Å². The zero-order valence-electron chi connectivity index (χ0n) is 19.0. The monoisotopic (exact) mass is 458 g/mol. The highest BCUT2D eigenvalue weighted by atomic mass is 19.1. The van der Waals surface area contributed by atoms with Crippen LogP contribution in [0, 0.1) is 12.7 Å². The Morgan fingerprint density at radius 3 is 2.71 bits per heavy atom. The van der Waals surface area contributed by atoms with E-state index in [-0.39, 0.29) is 5.56 Å². The summed E-state index contributed by atoms with van der Waals surface area (Å²) in [5.41, 5.74) is 9.17. The molecule has 1 aliphatic heterocycles. The molecule has 1 aliphatic rings. The average Bonchev–Trinajstić information content (AvgIpc) is 3.18. The van der Waals surface area contributed by atoms with E-state index in [0.29, 0.717) is 29.3 Å². The van der Waals surface area contributed by atoms with Crippen molar-refractivity contribution in [2.75, 3.05) is 18.4 Å². The van der Waals surface area contributed by atoms with Crippen molar-refractivity contribution in [1.82, 2.24) is 19.9 Å². The molecule has 7 nitrogen and oxygen atoms in total. The van der Waals surface area contributed by atoms with E-state index in [1.54, 1.807) is 4.57 Å². The van der Waals surface area contributed by atoms with Gasteiger partial charge < -0.3 is 16.4 Å². The van der Waals surface area contributed by atoms with Crippen molar-refractivity contribution in [2.45, 2.75) is 32.2 Å². The number of hydrogen-bond acceptors (Lipinski definition) is 5. The number of aromatic nitrogens is 3. The van der Waals surface area contributed by atoms with Crippen molar-refractivity contribution in [3.05, 3.63) is 82.9 Å². The van der Waals surface area contributed by atoms with Crippen LogP contribution in [0.5, 0.6) is 0 Å². The van der Waals surface area contributed by atoms with Gasteiger partial charge in [-0.25, -0.2) is 9.37 Å². The largest absolute Gasteiger partial charge is 0.366 e. The van der Waals surface area contributed by atoms with Gasteiger partial charge in [-0.1, -0.05) is 30.3 Å². The summed E-state index contributed by atoms with van der Waals surface area (Å²) >= 11 is 0. The van der Waals surface area contributed by atoms with E-state index in [4.69, 9.17) is 10.7 Å². The number of anilines is 1. The maximum Gasteiger partial charge on any atom is 0.249 e. The van der Waals surface area contributed by atoms with E-state index < -0.39 is 11.7 Å². The van der Waals surface area contributed by atoms with Crippen LogP contribution in [0.15, 0.2) is 54.7 Å². The van der Waals surface area contributed by atoms with Crippen molar-refractivity contribution in [3.8, 4) is 5.95 Å². The van der Waals surface area contributed by atoms with Crippen molar-refractivity contribution in [2.24, 2.45) is 5.73 Å². The maximum absolute atomic E-state index is 14.4. The minimum absolute atomic E-state index is 0.144. The van der Waals surface area contributed by atoms with Gasteiger partial charge in [0.05, 0.1) is 11.1 Å². The fourth-order valence-corrected chi connectivity index (χ4v) is 4.72. The zero-order valence-corrected chi connectivity index (χ0v) is 19.0. The molecule has 3 heterocycles. The van der Waals surface area contributed by atoms with Crippen molar-refractivity contribution in [1.29, 1.82) is 0 Å².